The predicted molar refractivity (Wildman–Crippen MR) is 113 cm³/mol. The standard InChI is InChI=1S/C24H38O4/c1-3-5-7-9-11-15-19-27-23(25)21-17-13-14-18-22(21)24(26)28-20-16-12-10-8-6-4-2/h13-16,19-22H,3-12,17-18H2,1-2H3/b19-15+,20-16+. The molecular weight excluding hydrogens is 352 g/mol. The van der Waals surface area contributed by atoms with Crippen molar-refractivity contribution in [3.63, 3.8) is 0 Å². The number of carbonyl (C=O) groups excluding carboxylic acids is 2. The second kappa shape index (κ2) is 16.1. The van der Waals surface area contributed by atoms with Crippen LogP contribution < -0.4 is 0 Å². The lowest BCUT2D eigenvalue weighted by Gasteiger charge is -2.23. The van der Waals surface area contributed by atoms with Gasteiger partial charge in [-0.15, -0.1) is 0 Å². The molecule has 0 N–H and O–H groups in total. The molecule has 0 aliphatic heterocycles. The lowest BCUT2D eigenvalue weighted by atomic mass is 9.83. The maximum atomic E-state index is 12.4. The van der Waals surface area contributed by atoms with E-state index in [0.717, 1.165) is 25.7 Å². The quantitative estimate of drug-likeness (QED) is 0.145. The Morgan fingerprint density at radius 1 is 0.750 bits per heavy atom. The molecule has 0 radical (unpaired) electrons. The molecule has 0 aromatic carbocycles. The smallest absolute Gasteiger partial charge is 0.314 e. The fraction of sp³-hybridized carbons (Fsp3) is 0.667. The van der Waals surface area contributed by atoms with Crippen molar-refractivity contribution < 1.29 is 19.1 Å². The number of hydrogen-bond acceptors (Lipinski definition) is 4. The molecule has 2 atom stereocenters. The zero-order valence-corrected chi connectivity index (χ0v) is 17.7. The highest BCUT2D eigenvalue weighted by Gasteiger charge is 2.35. The molecule has 0 saturated heterocycles. The first-order chi connectivity index (χ1) is 13.7. The van der Waals surface area contributed by atoms with Crippen LogP contribution >= 0.6 is 0 Å². The third-order valence-electron chi connectivity index (χ3n) is 5.05. The topological polar surface area (TPSA) is 52.6 Å². The monoisotopic (exact) mass is 390 g/mol. The van der Waals surface area contributed by atoms with Crippen LogP contribution in [0.4, 0.5) is 0 Å². The van der Waals surface area contributed by atoms with Gasteiger partial charge in [-0.25, -0.2) is 0 Å². The average Bonchev–Trinajstić information content (AvgIpc) is 2.72. The molecule has 0 fully saturated rings. The summed E-state index contributed by atoms with van der Waals surface area (Å²) in [6.07, 6.45) is 23.0. The Bertz CT molecular complexity index is 473. The van der Waals surface area contributed by atoms with Gasteiger partial charge < -0.3 is 9.47 Å². The fourth-order valence-corrected chi connectivity index (χ4v) is 3.25. The Balaban J connectivity index is 2.37. The summed E-state index contributed by atoms with van der Waals surface area (Å²) in [4.78, 5) is 24.8. The number of carbonyl (C=O) groups is 2. The average molecular weight is 391 g/mol. The molecule has 0 heterocycles. The first-order valence-corrected chi connectivity index (χ1v) is 11.1. The van der Waals surface area contributed by atoms with E-state index in [1.807, 2.05) is 24.3 Å². The Kier molecular flexibility index (Phi) is 14.0. The number of allylic oxidation sites excluding steroid dienone is 4. The van der Waals surface area contributed by atoms with Crippen LogP contribution in [0.25, 0.3) is 0 Å². The van der Waals surface area contributed by atoms with Crippen LogP contribution in [0.2, 0.25) is 0 Å². The SMILES string of the molecule is CCCCCC/C=C/OC(=O)C1CC=CCC1C(=O)O/C=C/CCCCCC. The van der Waals surface area contributed by atoms with E-state index in [4.69, 9.17) is 9.47 Å². The lowest BCUT2D eigenvalue weighted by Crippen LogP contribution is -2.32. The van der Waals surface area contributed by atoms with Gasteiger partial charge in [-0.1, -0.05) is 64.5 Å². The van der Waals surface area contributed by atoms with Gasteiger partial charge in [-0.05, 0) is 50.7 Å². The van der Waals surface area contributed by atoms with Gasteiger partial charge in [0.1, 0.15) is 0 Å². The van der Waals surface area contributed by atoms with E-state index in [9.17, 15) is 9.59 Å². The summed E-state index contributed by atoms with van der Waals surface area (Å²) in [6, 6.07) is 0. The van der Waals surface area contributed by atoms with Crippen molar-refractivity contribution in [2.45, 2.75) is 90.9 Å². The van der Waals surface area contributed by atoms with Gasteiger partial charge >= 0.3 is 11.9 Å². The number of rotatable bonds is 14. The molecule has 4 heteroatoms. The highest BCUT2D eigenvalue weighted by atomic mass is 16.5. The maximum Gasteiger partial charge on any atom is 0.314 e. The zero-order valence-electron chi connectivity index (χ0n) is 17.7. The lowest BCUT2D eigenvalue weighted by molar-refractivity contribution is -0.154. The molecule has 0 saturated carbocycles. The Hall–Kier alpha value is -1.84. The van der Waals surface area contributed by atoms with Crippen molar-refractivity contribution in [2.24, 2.45) is 11.8 Å². The van der Waals surface area contributed by atoms with Crippen molar-refractivity contribution in [3.8, 4) is 0 Å². The summed E-state index contributed by atoms with van der Waals surface area (Å²) in [5.74, 6) is -1.64. The summed E-state index contributed by atoms with van der Waals surface area (Å²) in [5, 5.41) is 0. The summed E-state index contributed by atoms with van der Waals surface area (Å²) < 4.78 is 10.5. The highest BCUT2D eigenvalue weighted by molar-refractivity contribution is 5.83. The molecule has 0 bridgehead atoms. The van der Waals surface area contributed by atoms with Gasteiger partial charge in [0.25, 0.3) is 0 Å². The zero-order chi connectivity index (χ0) is 20.5. The van der Waals surface area contributed by atoms with E-state index in [1.54, 1.807) is 0 Å². The van der Waals surface area contributed by atoms with Crippen molar-refractivity contribution in [3.05, 3.63) is 36.8 Å². The minimum atomic E-state index is -0.472. The van der Waals surface area contributed by atoms with Gasteiger partial charge in [0.2, 0.25) is 0 Å². The molecule has 0 aromatic rings. The minimum Gasteiger partial charge on any atom is -0.435 e. The first-order valence-electron chi connectivity index (χ1n) is 11.1. The number of unbranched alkanes of at least 4 members (excludes halogenated alkanes) is 8. The summed E-state index contributed by atoms with van der Waals surface area (Å²) in [5.41, 5.74) is 0. The summed E-state index contributed by atoms with van der Waals surface area (Å²) in [7, 11) is 0. The second-order valence-corrected chi connectivity index (χ2v) is 7.47. The number of ether oxygens (including phenoxy) is 2. The van der Waals surface area contributed by atoms with Crippen molar-refractivity contribution in [2.75, 3.05) is 0 Å². The normalized spacial score (nSPS) is 19.4. The van der Waals surface area contributed by atoms with Crippen molar-refractivity contribution in [1.29, 1.82) is 0 Å². The summed E-state index contributed by atoms with van der Waals surface area (Å²) >= 11 is 0. The van der Waals surface area contributed by atoms with Crippen LogP contribution in [-0.4, -0.2) is 11.9 Å². The van der Waals surface area contributed by atoms with Crippen LogP contribution in [0.15, 0.2) is 36.8 Å². The van der Waals surface area contributed by atoms with E-state index in [1.165, 1.54) is 51.0 Å². The molecule has 0 aromatic heterocycles. The Morgan fingerprint density at radius 2 is 1.18 bits per heavy atom. The predicted octanol–water partition coefficient (Wildman–Crippen LogP) is 6.62. The van der Waals surface area contributed by atoms with E-state index < -0.39 is 11.8 Å². The molecule has 1 rings (SSSR count). The van der Waals surface area contributed by atoms with Crippen LogP contribution in [0.3, 0.4) is 0 Å². The largest absolute Gasteiger partial charge is 0.435 e. The van der Waals surface area contributed by atoms with Crippen LogP contribution in [0.5, 0.6) is 0 Å². The highest BCUT2D eigenvalue weighted by Crippen LogP contribution is 2.28. The maximum absolute atomic E-state index is 12.4. The van der Waals surface area contributed by atoms with E-state index in [2.05, 4.69) is 13.8 Å². The Morgan fingerprint density at radius 3 is 1.57 bits per heavy atom. The van der Waals surface area contributed by atoms with Gasteiger partial charge in [-0.2, -0.15) is 0 Å². The Labute approximate surface area is 171 Å². The molecule has 0 spiro atoms. The third kappa shape index (κ3) is 10.5. The van der Waals surface area contributed by atoms with Crippen LogP contribution in [-0.2, 0) is 19.1 Å². The minimum absolute atomic E-state index is 0.348. The number of hydrogen-bond donors (Lipinski definition) is 0. The van der Waals surface area contributed by atoms with Gasteiger partial charge in [0.15, 0.2) is 0 Å². The first kappa shape index (κ1) is 24.2. The van der Waals surface area contributed by atoms with E-state index in [0.29, 0.717) is 12.8 Å². The molecule has 28 heavy (non-hydrogen) atoms. The molecule has 1 aliphatic rings. The van der Waals surface area contributed by atoms with Gasteiger partial charge in [0.05, 0.1) is 24.4 Å². The third-order valence-corrected chi connectivity index (χ3v) is 5.05. The molecular formula is C24H38O4. The second-order valence-electron chi connectivity index (χ2n) is 7.47. The molecule has 158 valence electrons. The van der Waals surface area contributed by atoms with Crippen molar-refractivity contribution >= 4 is 11.9 Å². The van der Waals surface area contributed by atoms with Gasteiger partial charge in [0, 0.05) is 0 Å². The van der Waals surface area contributed by atoms with E-state index in [-0.39, 0.29) is 11.9 Å². The summed E-state index contributed by atoms with van der Waals surface area (Å²) in [6.45, 7) is 4.36. The molecule has 0 amide bonds. The van der Waals surface area contributed by atoms with Crippen LogP contribution in [0.1, 0.15) is 90.9 Å². The fourth-order valence-electron chi connectivity index (χ4n) is 3.25. The van der Waals surface area contributed by atoms with Gasteiger partial charge in [-0.3, -0.25) is 9.59 Å². The van der Waals surface area contributed by atoms with E-state index >= 15 is 0 Å². The number of esters is 2. The molecule has 4 nitrogen and oxygen atoms in total. The molecule has 2 unspecified atom stereocenters. The van der Waals surface area contributed by atoms with Crippen molar-refractivity contribution in [1.82, 2.24) is 0 Å². The molecule has 1 aliphatic carbocycles. The van der Waals surface area contributed by atoms with Crippen LogP contribution in [0, 0.1) is 11.8 Å².